The van der Waals surface area contributed by atoms with Crippen LogP contribution >= 0.6 is 11.3 Å². The van der Waals surface area contributed by atoms with Gasteiger partial charge < -0.3 is 14.2 Å². The van der Waals surface area contributed by atoms with Gasteiger partial charge in [-0.05, 0) is 47.3 Å². The summed E-state index contributed by atoms with van der Waals surface area (Å²) in [5.74, 6) is 0.753. The third-order valence-electron chi connectivity index (χ3n) is 3.98. The molecular weight excluding hydrogens is 392 g/mol. The van der Waals surface area contributed by atoms with Crippen molar-refractivity contribution in [3.63, 3.8) is 0 Å². The molecule has 2 aromatic carbocycles. The molecule has 0 bridgehead atoms. The number of nitrogens with zero attached hydrogens (tertiary/aromatic N) is 1. The summed E-state index contributed by atoms with van der Waals surface area (Å²) in [7, 11) is 0. The molecule has 1 aromatic heterocycles. The van der Waals surface area contributed by atoms with Crippen molar-refractivity contribution in [3.05, 3.63) is 76.0 Å². The maximum absolute atomic E-state index is 12.3. The maximum Gasteiger partial charge on any atom is 0.353 e. The van der Waals surface area contributed by atoms with Crippen molar-refractivity contribution in [1.82, 2.24) is 5.43 Å². The molecule has 3 aromatic rings. The van der Waals surface area contributed by atoms with Crippen LogP contribution in [-0.2, 0) is 0 Å². The molecule has 8 heteroatoms. The molecule has 1 amide bonds. The van der Waals surface area contributed by atoms with Crippen LogP contribution in [0.2, 0.25) is 0 Å². The fourth-order valence-corrected chi connectivity index (χ4v) is 3.22. The Balaban J connectivity index is 1.38. The van der Waals surface area contributed by atoms with Crippen molar-refractivity contribution in [2.24, 2.45) is 5.10 Å². The molecule has 0 radical (unpaired) electrons. The van der Waals surface area contributed by atoms with Crippen LogP contribution in [0.1, 0.15) is 25.6 Å². The van der Waals surface area contributed by atoms with E-state index in [1.807, 2.05) is 5.38 Å². The number of ether oxygens (including phenoxy) is 3. The lowest BCUT2D eigenvalue weighted by Gasteiger charge is -2.18. The number of hydrazone groups is 1. The first-order valence-corrected chi connectivity index (χ1v) is 9.66. The number of esters is 1. The van der Waals surface area contributed by atoms with E-state index in [0.29, 0.717) is 46.5 Å². The molecule has 2 heterocycles. The number of hydrogen-bond donors (Lipinski definition) is 1. The highest BCUT2D eigenvalue weighted by molar-refractivity contribution is 7.12. The highest BCUT2D eigenvalue weighted by atomic mass is 32.1. The van der Waals surface area contributed by atoms with Crippen LogP contribution in [0.5, 0.6) is 17.2 Å². The molecule has 0 spiro atoms. The lowest BCUT2D eigenvalue weighted by Crippen LogP contribution is -2.19. The summed E-state index contributed by atoms with van der Waals surface area (Å²) in [5, 5.41) is 5.77. The summed E-state index contributed by atoms with van der Waals surface area (Å²) in [4.78, 5) is 24.8. The molecule has 0 unspecified atom stereocenters. The van der Waals surface area contributed by atoms with Crippen LogP contribution in [0, 0.1) is 0 Å². The van der Waals surface area contributed by atoms with Crippen molar-refractivity contribution in [2.45, 2.75) is 0 Å². The van der Waals surface area contributed by atoms with E-state index in [4.69, 9.17) is 14.2 Å². The van der Waals surface area contributed by atoms with Gasteiger partial charge in [0.2, 0.25) is 0 Å². The smallest absolute Gasteiger partial charge is 0.353 e. The van der Waals surface area contributed by atoms with Crippen LogP contribution in [0.3, 0.4) is 0 Å². The van der Waals surface area contributed by atoms with Gasteiger partial charge in [-0.25, -0.2) is 10.2 Å². The Kier molecular flexibility index (Phi) is 5.53. The molecule has 0 aliphatic carbocycles. The highest BCUT2D eigenvalue weighted by Crippen LogP contribution is 2.30. The lowest BCUT2D eigenvalue weighted by molar-refractivity contribution is 0.0739. The summed E-state index contributed by atoms with van der Waals surface area (Å²) in [5.41, 5.74) is 3.54. The first kappa shape index (κ1) is 18.7. The molecule has 0 saturated carbocycles. The van der Waals surface area contributed by atoms with Gasteiger partial charge in [0.25, 0.3) is 5.91 Å². The normalized spacial score (nSPS) is 12.6. The number of carbonyl (C=O) groups excluding carboxylic acids is 2. The van der Waals surface area contributed by atoms with Gasteiger partial charge in [0.1, 0.15) is 23.8 Å². The predicted octanol–water partition coefficient (Wildman–Crippen LogP) is 3.50. The van der Waals surface area contributed by atoms with Gasteiger partial charge in [-0.15, -0.1) is 11.3 Å². The minimum Gasteiger partial charge on any atom is -0.486 e. The second-order valence-corrected chi connectivity index (χ2v) is 6.94. The molecule has 1 aliphatic heterocycles. The van der Waals surface area contributed by atoms with Crippen molar-refractivity contribution in [2.75, 3.05) is 13.2 Å². The zero-order valence-corrected chi connectivity index (χ0v) is 16.0. The largest absolute Gasteiger partial charge is 0.486 e. The van der Waals surface area contributed by atoms with Gasteiger partial charge in [0.05, 0.1) is 6.21 Å². The molecule has 1 N–H and O–H groups in total. The van der Waals surface area contributed by atoms with Crippen LogP contribution in [0.15, 0.2) is 65.1 Å². The number of hydrogen-bond acceptors (Lipinski definition) is 7. The van der Waals surface area contributed by atoms with Crippen LogP contribution in [0.25, 0.3) is 0 Å². The summed E-state index contributed by atoms with van der Waals surface area (Å²) >= 11 is 1.31. The minimum absolute atomic E-state index is 0.376. The van der Waals surface area contributed by atoms with Crippen LogP contribution < -0.4 is 19.6 Å². The second kappa shape index (κ2) is 8.57. The summed E-state index contributed by atoms with van der Waals surface area (Å²) < 4.78 is 16.3. The average Bonchev–Trinajstić information content (AvgIpc) is 3.29. The molecule has 0 atom stereocenters. The minimum atomic E-state index is -0.416. The van der Waals surface area contributed by atoms with Crippen molar-refractivity contribution in [3.8, 4) is 17.2 Å². The van der Waals surface area contributed by atoms with Crippen molar-refractivity contribution < 1.29 is 23.8 Å². The van der Waals surface area contributed by atoms with Gasteiger partial charge in [0, 0.05) is 5.56 Å². The van der Waals surface area contributed by atoms with Crippen molar-refractivity contribution >= 4 is 29.4 Å². The summed E-state index contributed by atoms with van der Waals surface area (Å²) in [6, 6.07) is 15.3. The SMILES string of the molecule is O=C(NN=Cc1cccc(OC(=O)c2cccs2)c1)c1ccc2c(c1)OCCO2. The Bertz CT molecular complexity index is 1060. The molecule has 4 rings (SSSR count). The van der Waals surface area contributed by atoms with Crippen molar-refractivity contribution in [1.29, 1.82) is 0 Å². The number of amides is 1. The topological polar surface area (TPSA) is 86.2 Å². The highest BCUT2D eigenvalue weighted by Gasteiger charge is 2.14. The predicted molar refractivity (Wildman–Crippen MR) is 108 cm³/mol. The van der Waals surface area contributed by atoms with Gasteiger partial charge in [-0.3, -0.25) is 4.79 Å². The van der Waals surface area contributed by atoms with Gasteiger partial charge in [-0.1, -0.05) is 18.2 Å². The van der Waals surface area contributed by atoms with E-state index in [-0.39, 0.29) is 5.91 Å². The third kappa shape index (κ3) is 4.61. The number of rotatable bonds is 5. The number of nitrogens with one attached hydrogen (secondary N) is 1. The molecule has 1 aliphatic rings. The third-order valence-corrected chi connectivity index (χ3v) is 4.82. The first-order chi connectivity index (χ1) is 14.2. The summed E-state index contributed by atoms with van der Waals surface area (Å²) in [6.45, 7) is 0.939. The maximum atomic E-state index is 12.3. The van der Waals surface area contributed by atoms with Gasteiger partial charge >= 0.3 is 5.97 Å². The Morgan fingerprint density at radius 1 is 1.03 bits per heavy atom. The standard InChI is InChI=1S/C21H16N2O5S/c24-20(15-6-7-17-18(12-15)27-9-8-26-17)23-22-13-14-3-1-4-16(11-14)28-21(25)19-5-2-10-29-19/h1-7,10-13H,8-9H2,(H,23,24). The zero-order chi connectivity index (χ0) is 20.1. The first-order valence-electron chi connectivity index (χ1n) is 8.78. The van der Waals surface area contributed by atoms with E-state index in [1.54, 1.807) is 54.6 Å². The van der Waals surface area contributed by atoms with E-state index in [2.05, 4.69) is 10.5 Å². The van der Waals surface area contributed by atoms with Gasteiger partial charge in [0.15, 0.2) is 11.5 Å². The molecule has 29 heavy (non-hydrogen) atoms. The second-order valence-electron chi connectivity index (χ2n) is 6.00. The fourth-order valence-electron chi connectivity index (χ4n) is 2.62. The number of carbonyl (C=O) groups is 2. The number of benzene rings is 2. The van der Waals surface area contributed by atoms with E-state index in [9.17, 15) is 9.59 Å². The van der Waals surface area contributed by atoms with Gasteiger partial charge in [-0.2, -0.15) is 5.10 Å². The van der Waals surface area contributed by atoms with E-state index in [0.717, 1.165) is 0 Å². The van der Waals surface area contributed by atoms with E-state index < -0.39 is 5.97 Å². The Morgan fingerprint density at radius 3 is 2.72 bits per heavy atom. The quantitative estimate of drug-likeness (QED) is 0.302. The number of fused-ring (bicyclic) bond motifs is 1. The average molecular weight is 408 g/mol. The summed E-state index contributed by atoms with van der Waals surface area (Å²) in [6.07, 6.45) is 1.47. The fraction of sp³-hybridized carbons (Fsp3) is 0.0952. The lowest BCUT2D eigenvalue weighted by atomic mass is 10.2. The van der Waals surface area contributed by atoms with E-state index >= 15 is 0 Å². The molecule has 0 fully saturated rings. The Morgan fingerprint density at radius 2 is 1.90 bits per heavy atom. The monoisotopic (exact) mass is 408 g/mol. The van der Waals surface area contributed by atoms with Crippen LogP contribution in [0.4, 0.5) is 0 Å². The zero-order valence-electron chi connectivity index (χ0n) is 15.2. The number of thiophene rings is 1. The van der Waals surface area contributed by atoms with E-state index in [1.165, 1.54) is 17.6 Å². The molecule has 146 valence electrons. The Labute approximate surface area is 170 Å². The van der Waals surface area contributed by atoms with Crippen LogP contribution in [-0.4, -0.2) is 31.3 Å². The molecule has 7 nitrogen and oxygen atoms in total. The molecule has 0 saturated heterocycles. The molecular formula is C21H16N2O5S. The Hall–Kier alpha value is -3.65.